The van der Waals surface area contributed by atoms with Gasteiger partial charge in [0.2, 0.25) is 5.91 Å². The fraction of sp³-hybridized carbons (Fsp3) is 0.150. The number of rotatable bonds is 5. The van der Waals surface area contributed by atoms with Crippen molar-refractivity contribution in [1.29, 1.82) is 0 Å². The number of imidazole rings is 1. The van der Waals surface area contributed by atoms with Crippen LogP contribution in [0.25, 0.3) is 16.7 Å². The van der Waals surface area contributed by atoms with Crippen LogP contribution in [-0.2, 0) is 4.79 Å². The van der Waals surface area contributed by atoms with Crippen molar-refractivity contribution in [3.63, 3.8) is 0 Å². The summed E-state index contributed by atoms with van der Waals surface area (Å²) in [6, 6.07) is 19.7. The molecule has 2 heterocycles. The molecule has 0 aliphatic rings. The van der Waals surface area contributed by atoms with Crippen molar-refractivity contribution in [2.75, 3.05) is 5.32 Å². The monoisotopic (exact) mass is 378 g/mol. The molecule has 0 aliphatic carbocycles. The quantitative estimate of drug-likeness (QED) is 0.520. The van der Waals surface area contributed by atoms with Crippen LogP contribution in [0.4, 0.5) is 5.82 Å². The first-order valence-electron chi connectivity index (χ1n) is 8.55. The van der Waals surface area contributed by atoms with E-state index >= 15 is 0 Å². The summed E-state index contributed by atoms with van der Waals surface area (Å²) in [7, 11) is 0. The largest absolute Gasteiger partial charge is 0.360 e. The molecule has 1 N–H and O–H groups in total. The molecule has 1 atom stereocenters. The van der Waals surface area contributed by atoms with Crippen molar-refractivity contribution in [2.45, 2.75) is 24.3 Å². The van der Waals surface area contributed by atoms with Crippen LogP contribution in [0.2, 0.25) is 0 Å². The molecule has 27 heavy (non-hydrogen) atoms. The van der Waals surface area contributed by atoms with Gasteiger partial charge in [0.1, 0.15) is 5.76 Å². The molecular formula is C20H18N4O2S. The number of aryl methyl sites for hydroxylation is 1. The molecule has 6 nitrogen and oxygen atoms in total. The highest BCUT2D eigenvalue weighted by atomic mass is 32.2. The van der Waals surface area contributed by atoms with Crippen LogP contribution in [0, 0.1) is 6.92 Å². The Morgan fingerprint density at radius 1 is 1.15 bits per heavy atom. The maximum atomic E-state index is 12.5. The molecule has 2 aromatic heterocycles. The van der Waals surface area contributed by atoms with E-state index in [9.17, 15) is 4.79 Å². The molecule has 0 spiro atoms. The summed E-state index contributed by atoms with van der Waals surface area (Å²) in [5, 5.41) is 6.99. The van der Waals surface area contributed by atoms with Gasteiger partial charge in [0.15, 0.2) is 11.0 Å². The number of hydrogen-bond donors (Lipinski definition) is 1. The van der Waals surface area contributed by atoms with Gasteiger partial charge in [-0.1, -0.05) is 47.3 Å². The fourth-order valence-corrected chi connectivity index (χ4v) is 3.72. The minimum Gasteiger partial charge on any atom is -0.360 e. The lowest BCUT2D eigenvalue weighted by Gasteiger charge is -2.12. The maximum Gasteiger partial charge on any atom is 0.238 e. The van der Waals surface area contributed by atoms with E-state index in [4.69, 9.17) is 9.51 Å². The SMILES string of the molecule is Cc1cc(NC(=O)C(C)Sc2nc3ccccc3n2-c2ccccc2)no1. The molecule has 0 radical (unpaired) electrons. The summed E-state index contributed by atoms with van der Waals surface area (Å²) in [5.41, 5.74) is 2.91. The van der Waals surface area contributed by atoms with Gasteiger partial charge >= 0.3 is 0 Å². The molecule has 2 aromatic carbocycles. The lowest BCUT2D eigenvalue weighted by molar-refractivity contribution is -0.115. The Morgan fingerprint density at radius 3 is 2.63 bits per heavy atom. The number of carbonyl (C=O) groups excluding carboxylic acids is 1. The Kier molecular flexibility index (Phi) is 4.68. The van der Waals surface area contributed by atoms with Crippen LogP contribution in [0.1, 0.15) is 12.7 Å². The van der Waals surface area contributed by atoms with Gasteiger partial charge in [-0.05, 0) is 38.1 Å². The highest BCUT2D eigenvalue weighted by Gasteiger charge is 2.21. The zero-order chi connectivity index (χ0) is 18.8. The zero-order valence-electron chi connectivity index (χ0n) is 14.9. The minimum atomic E-state index is -0.360. The fourth-order valence-electron chi connectivity index (χ4n) is 2.77. The molecule has 1 amide bonds. The van der Waals surface area contributed by atoms with Crippen molar-refractivity contribution in [1.82, 2.24) is 14.7 Å². The zero-order valence-corrected chi connectivity index (χ0v) is 15.7. The van der Waals surface area contributed by atoms with E-state index in [-0.39, 0.29) is 11.2 Å². The second-order valence-corrected chi connectivity index (χ2v) is 7.43. The van der Waals surface area contributed by atoms with E-state index in [0.717, 1.165) is 21.9 Å². The third-order valence-electron chi connectivity index (χ3n) is 4.08. The van der Waals surface area contributed by atoms with Crippen molar-refractivity contribution in [2.24, 2.45) is 0 Å². The number of thioether (sulfide) groups is 1. The Labute approximate surface area is 160 Å². The Morgan fingerprint density at radius 2 is 1.89 bits per heavy atom. The molecule has 0 aliphatic heterocycles. The average molecular weight is 378 g/mol. The molecule has 0 fully saturated rings. The van der Waals surface area contributed by atoms with Crippen LogP contribution in [0.5, 0.6) is 0 Å². The molecule has 0 saturated carbocycles. The summed E-state index contributed by atoms with van der Waals surface area (Å²) >= 11 is 1.41. The summed E-state index contributed by atoms with van der Waals surface area (Å²) < 4.78 is 7.07. The van der Waals surface area contributed by atoms with Gasteiger partial charge in [0.05, 0.1) is 16.3 Å². The number of fused-ring (bicyclic) bond motifs is 1. The predicted octanol–water partition coefficient (Wildman–Crippen LogP) is 4.44. The number of aromatic nitrogens is 3. The van der Waals surface area contributed by atoms with Crippen molar-refractivity contribution in [3.8, 4) is 5.69 Å². The number of benzene rings is 2. The molecule has 7 heteroatoms. The molecule has 136 valence electrons. The van der Waals surface area contributed by atoms with Gasteiger partial charge in [0.25, 0.3) is 0 Å². The Balaban J connectivity index is 1.64. The summed E-state index contributed by atoms with van der Waals surface area (Å²) in [6.07, 6.45) is 0. The van der Waals surface area contributed by atoms with Gasteiger partial charge in [-0.2, -0.15) is 0 Å². The predicted molar refractivity (Wildman–Crippen MR) is 106 cm³/mol. The smallest absolute Gasteiger partial charge is 0.238 e. The van der Waals surface area contributed by atoms with E-state index in [1.54, 1.807) is 13.0 Å². The van der Waals surface area contributed by atoms with Gasteiger partial charge in [0, 0.05) is 11.8 Å². The van der Waals surface area contributed by atoms with Gasteiger partial charge in [-0.3, -0.25) is 9.36 Å². The topological polar surface area (TPSA) is 73.0 Å². The number of carbonyl (C=O) groups is 1. The molecule has 4 aromatic rings. The Hall–Kier alpha value is -3.06. The van der Waals surface area contributed by atoms with E-state index in [2.05, 4.69) is 15.0 Å². The van der Waals surface area contributed by atoms with Crippen LogP contribution in [-0.4, -0.2) is 25.9 Å². The van der Waals surface area contributed by atoms with Crippen LogP contribution in [0.3, 0.4) is 0 Å². The Bertz CT molecular complexity index is 1090. The van der Waals surface area contributed by atoms with E-state index < -0.39 is 0 Å². The maximum absolute atomic E-state index is 12.5. The summed E-state index contributed by atoms with van der Waals surface area (Å²) in [6.45, 7) is 3.63. The first kappa shape index (κ1) is 17.4. The molecule has 0 bridgehead atoms. The molecular weight excluding hydrogens is 360 g/mol. The van der Waals surface area contributed by atoms with Gasteiger partial charge < -0.3 is 9.84 Å². The number of hydrogen-bond acceptors (Lipinski definition) is 5. The molecule has 0 saturated heterocycles. The lowest BCUT2D eigenvalue weighted by atomic mass is 10.3. The number of nitrogens with one attached hydrogen (secondary N) is 1. The second kappa shape index (κ2) is 7.28. The second-order valence-electron chi connectivity index (χ2n) is 6.13. The average Bonchev–Trinajstić information content (AvgIpc) is 3.25. The van der Waals surface area contributed by atoms with E-state index in [0.29, 0.717) is 11.6 Å². The number of anilines is 1. The van der Waals surface area contributed by atoms with Crippen molar-refractivity contribution in [3.05, 3.63) is 66.4 Å². The van der Waals surface area contributed by atoms with Gasteiger partial charge in [-0.15, -0.1) is 0 Å². The van der Waals surface area contributed by atoms with Crippen LogP contribution < -0.4 is 5.32 Å². The van der Waals surface area contributed by atoms with E-state index in [1.165, 1.54) is 11.8 Å². The number of amides is 1. The minimum absolute atomic E-state index is 0.153. The highest BCUT2D eigenvalue weighted by Crippen LogP contribution is 2.30. The van der Waals surface area contributed by atoms with Crippen molar-refractivity contribution >= 4 is 34.5 Å². The highest BCUT2D eigenvalue weighted by molar-refractivity contribution is 8.00. The van der Waals surface area contributed by atoms with Gasteiger partial charge in [-0.25, -0.2) is 4.98 Å². The molecule has 4 rings (SSSR count). The van der Waals surface area contributed by atoms with Crippen LogP contribution >= 0.6 is 11.8 Å². The summed E-state index contributed by atoms with van der Waals surface area (Å²) in [5.74, 6) is 0.915. The molecule has 1 unspecified atom stereocenters. The summed E-state index contributed by atoms with van der Waals surface area (Å²) in [4.78, 5) is 17.3. The lowest BCUT2D eigenvalue weighted by Crippen LogP contribution is -2.23. The number of nitrogens with zero attached hydrogens (tertiary/aromatic N) is 3. The normalized spacial score (nSPS) is 12.2. The third kappa shape index (κ3) is 3.59. The first-order valence-corrected chi connectivity index (χ1v) is 9.43. The first-order chi connectivity index (χ1) is 13.1. The third-order valence-corrected chi connectivity index (χ3v) is 5.13. The van der Waals surface area contributed by atoms with Crippen LogP contribution in [0.15, 0.2) is 70.3 Å². The number of para-hydroxylation sites is 3. The standard InChI is InChI=1S/C20H18N4O2S/c1-13-12-18(23-26-13)22-19(25)14(2)27-20-21-16-10-6-7-11-17(16)24(20)15-8-4-3-5-9-15/h3-12,14H,1-2H3,(H,22,23,25). The van der Waals surface area contributed by atoms with E-state index in [1.807, 2.05) is 61.5 Å². The van der Waals surface area contributed by atoms with Crippen molar-refractivity contribution < 1.29 is 9.32 Å².